The fourth-order valence-electron chi connectivity index (χ4n) is 5.57. The molecule has 0 bridgehead atoms. The zero-order chi connectivity index (χ0) is 19.4. The molecular weight excluding hydrogens is 334 g/mol. The van der Waals surface area contributed by atoms with Crippen molar-refractivity contribution in [2.75, 3.05) is 0 Å². The highest BCUT2D eigenvalue weighted by atomic mass is 16.1. The SMILES string of the molecule is CC(C)CCC(C)C1CCC2(CC1)C(=O)CC(N=[N+]=[N-])C2c1ccccc1. The molecule has 4 heteroatoms. The summed E-state index contributed by atoms with van der Waals surface area (Å²) in [6.07, 6.45) is 7.10. The number of azide groups is 1. The summed E-state index contributed by atoms with van der Waals surface area (Å²) in [5.74, 6) is 2.56. The van der Waals surface area contributed by atoms with Crippen LogP contribution in [0.4, 0.5) is 0 Å². The Morgan fingerprint density at radius 1 is 1.15 bits per heavy atom. The summed E-state index contributed by atoms with van der Waals surface area (Å²) < 4.78 is 0. The lowest BCUT2D eigenvalue weighted by molar-refractivity contribution is -0.128. The molecule has 2 saturated carbocycles. The highest BCUT2D eigenvalue weighted by Crippen LogP contribution is 2.57. The van der Waals surface area contributed by atoms with Crippen LogP contribution in [0.5, 0.6) is 0 Å². The van der Waals surface area contributed by atoms with E-state index in [1.165, 1.54) is 12.8 Å². The second-order valence-electron chi connectivity index (χ2n) is 9.23. The van der Waals surface area contributed by atoms with E-state index >= 15 is 0 Å². The number of Topliss-reactive ketones (excluding diaryl/α,β-unsaturated/α-hetero) is 1. The minimum atomic E-state index is -0.325. The van der Waals surface area contributed by atoms with Gasteiger partial charge in [-0.05, 0) is 54.5 Å². The van der Waals surface area contributed by atoms with Gasteiger partial charge in [0, 0.05) is 22.7 Å². The Bertz CT molecular complexity index is 685. The first kappa shape index (κ1) is 19.9. The van der Waals surface area contributed by atoms with E-state index in [1.807, 2.05) is 18.2 Å². The van der Waals surface area contributed by atoms with Crippen LogP contribution in [0.3, 0.4) is 0 Å². The molecule has 0 aromatic heterocycles. The molecule has 1 aromatic rings. The van der Waals surface area contributed by atoms with Crippen molar-refractivity contribution in [2.24, 2.45) is 28.3 Å². The van der Waals surface area contributed by atoms with Crippen LogP contribution in [0.15, 0.2) is 35.4 Å². The number of nitrogens with zero attached hydrogens (tertiary/aromatic N) is 3. The van der Waals surface area contributed by atoms with E-state index in [4.69, 9.17) is 5.53 Å². The van der Waals surface area contributed by atoms with Gasteiger partial charge in [0.1, 0.15) is 5.78 Å². The Balaban J connectivity index is 1.79. The Morgan fingerprint density at radius 2 is 1.81 bits per heavy atom. The van der Waals surface area contributed by atoms with Crippen molar-refractivity contribution in [1.29, 1.82) is 0 Å². The molecule has 1 aromatic carbocycles. The average molecular weight is 368 g/mol. The fraction of sp³-hybridized carbons (Fsp3) is 0.696. The smallest absolute Gasteiger partial charge is 0.140 e. The van der Waals surface area contributed by atoms with Crippen LogP contribution in [-0.2, 0) is 4.79 Å². The molecule has 0 aliphatic heterocycles. The van der Waals surface area contributed by atoms with Crippen molar-refractivity contribution in [3.8, 4) is 0 Å². The van der Waals surface area contributed by atoms with Gasteiger partial charge < -0.3 is 0 Å². The number of carbonyl (C=O) groups is 1. The maximum absolute atomic E-state index is 13.1. The third-order valence-electron chi connectivity index (χ3n) is 7.22. The zero-order valence-corrected chi connectivity index (χ0v) is 17.0. The molecule has 1 spiro atoms. The number of hydrogen-bond donors (Lipinski definition) is 0. The standard InChI is InChI=1S/C23H33N3O/c1-16(2)9-10-17(3)18-11-13-23(14-12-18)21(27)15-20(25-26-24)22(23)19-7-5-4-6-8-19/h4-8,16-18,20,22H,9-15H2,1-3H3. The third-order valence-corrected chi connectivity index (χ3v) is 7.22. The first-order valence-electron chi connectivity index (χ1n) is 10.6. The molecule has 3 unspecified atom stereocenters. The molecule has 0 saturated heterocycles. The summed E-state index contributed by atoms with van der Waals surface area (Å²) in [6, 6.07) is 10.0. The lowest BCUT2D eigenvalue weighted by Gasteiger charge is -2.43. The Labute approximate surface area is 163 Å². The van der Waals surface area contributed by atoms with E-state index in [2.05, 4.69) is 42.9 Å². The van der Waals surface area contributed by atoms with E-state index in [1.54, 1.807) is 0 Å². The summed E-state index contributed by atoms with van der Waals surface area (Å²) >= 11 is 0. The first-order chi connectivity index (χ1) is 13.0. The second kappa shape index (κ2) is 8.48. The largest absolute Gasteiger partial charge is 0.299 e. The van der Waals surface area contributed by atoms with Gasteiger partial charge in [-0.15, -0.1) is 0 Å². The van der Waals surface area contributed by atoms with Crippen LogP contribution in [0, 0.1) is 23.2 Å². The van der Waals surface area contributed by atoms with E-state index in [0.717, 1.165) is 49.0 Å². The molecule has 146 valence electrons. The minimum Gasteiger partial charge on any atom is -0.299 e. The van der Waals surface area contributed by atoms with Crippen molar-refractivity contribution in [2.45, 2.75) is 77.7 Å². The van der Waals surface area contributed by atoms with Gasteiger partial charge in [0.25, 0.3) is 0 Å². The van der Waals surface area contributed by atoms with Gasteiger partial charge in [-0.25, -0.2) is 0 Å². The van der Waals surface area contributed by atoms with Crippen LogP contribution in [0.1, 0.15) is 77.2 Å². The quantitative estimate of drug-likeness (QED) is 0.314. The molecule has 27 heavy (non-hydrogen) atoms. The summed E-state index contributed by atoms with van der Waals surface area (Å²) in [5.41, 5.74) is 9.86. The van der Waals surface area contributed by atoms with Crippen LogP contribution < -0.4 is 0 Å². The third kappa shape index (κ3) is 4.06. The monoisotopic (exact) mass is 367 g/mol. The fourth-order valence-corrected chi connectivity index (χ4v) is 5.57. The highest BCUT2D eigenvalue weighted by molar-refractivity contribution is 5.89. The zero-order valence-electron chi connectivity index (χ0n) is 17.0. The molecule has 2 aliphatic carbocycles. The second-order valence-corrected chi connectivity index (χ2v) is 9.23. The van der Waals surface area contributed by atoms with Gasteiger partial charge in [0.05, 0.1) is 6.04 Å². The van der Waals surface area contributed by atoms with Crippen LogP contribution in [-0.4, -0.2) is 11.8 Å². The molecule has 4 nitrogen and oxygen atoms in total. The molecule has 0 radical (unpaired) electrons. The molecule has 0 amide bonds. The predicted molar refractivity (Wildman–Crippen MR) is 109 cm³/mol. The van der Waals surface area contributed by atoms with Gasteiger partial charge in [-0.3, -0.25) is 4.79 Å². The molecule has 0 N–H and O–H groups in total. The van der Waals surface area contributed by atoms with Gasteiger partial charge >= 0.3 is 0 Å². The van der Waals surface area contributed by atoms with Crippen molar-refractivity contribution in [3.05, 3.63) is 46.3 Å². The number of rotatable bonds is 6. The van der Waals surface area contributed by atoms with Crippen molar-refractivity contribution in [1.82, 2.24) is 0 Å². The minimum absolute atomic E-state index is 0.0361. The average Bonchev–Trinajstić information content (AvgIpc) is 2.92. The van der Waals surface area contributed by atoms with E-state index < -0.39 is 0 Å². The molecule has 0 heterocycles. The molecule has 2 aliphatic rings. The lowest BCUT2D eigenvalue weighted by Crippen LogP contribution is -2.38. The first-order valence-corrected chi connectivity index (χ1v) is 10.6. The molecule has 3 atom stereocenters. The maximum Gasteiger partial charge on any atom is 0.140 e. The van der Waals surface area contributed by atoms with E-state index in [0.29, 0.717) is 12.2 Å². The predicted octanol–water partition coefficient (Wildman–Crippen LogP) is 6.67. The summed E-state index contributed by atoms with van der Waals surface area (Å²) in [7, 11) is 0. The van der Waals surface area contributed by atoms with Crippen LogP contribution in [0.25, 0.3) is 10.4 Å². The van der Waals surface area contributed by atoms with Gasteiger partial charge in [0.15, 0.2) is 0 Å². The topological polar surface area (TPSA) is 65.8 Å². The number of ketones is 1. The van der Waals surface area contributed by atoms with Crippen LogP contribution in [0.2, 0.25) is 0 Å². The van der Waals surface area contributed by atoms with E-state index in [9.17, 15) is 4.79 Å². The Morgan fingerprint density at radius 3 is 2.41 bits per heavy atom. The van der Waals surface area contributed by atoms with Crippen molar-refractivity contribution < 1.29 is 4.79 Å². The summed E-state index contributed by atoms with van der Waals surface area (Å²) in [6.45, 7) is 6.97. The highest BCUT2D eigenvalue weighted by Gasteiger charge is 2.55. The summed E-state index contributed by atoms with van der Waals surface area (Å²) in [4.78, 5) is 16.2. The van der Waals surface area contributed by atoms with Crippen LogP contribution >= 0.6 is 0 Å². The van der Waals surface area contributed by atoms with Gasteiger partial charge in [0.2, 0.25) is 0 Å². The number of benzene rings is 1. The van der Waals surface area contributed by atoms with E-state index in [-0.39, 0.29) is 17.4 Å². The Kier molecular flexibility index (Phi) is 6.26. The molecular formula is C23H33N3O. The van der Waals surface area contributed by atoms with Gasteiger partial charge in [-0.2, -0.15) is 0 Å². The number of carbonyl (C=O) groups excluding carboxylic acids is 1. The molecule has 3 rings (SSSR count). The Hall–Kier alpha value is -1.80. The normalized spacial score (nSPS) is 31.9. The molecule has 2 fully saturated rings. The van der Waals surface area contributed by atoms with Crippen molar-refractivity contribution in [3.63, 3.8) is 0 Å². The maximum atomic E-state index is 13.1. The summed E-state index contributed by atoms with van der Waals surface area (Å²) in [5, 5.41) is 4.04. The number of hydrogen-bond acceptors (Lipinski definition) is 2. The lowest BCUT2D eigenvalue weighted by atomic mass is 9.60. The van der Waals surface area contributed by atoms with Crippen molar-refractivity contribution >= 4 is 5.78 Å². The van der Waals surface area contributed by atoms with Gasteiger partial charge in [-0.1, -0.05) is 69.1 Å².